The summed E-state index contributed by atoms with van der Waals surface area (Å²) in [7, 11) is 0. The van der Waals surface area contributed by atoms with Gasteiger partial charge in [0.05, 0.1) is 17.8 Å². The summed E-state index contributed by atoms with van der Waals surface area (Å²) in [6.45, 7) is 3.64. The molecule has 2 aromatic rings. The molecule has 2 aromatic heterocycles. The Labute approximate surface area is 125 Å². The summed E-state index contributed by atoms with van der Waals surface area (Å²) >= 11 is 1.33. The van der Waals surface area contributed by atoms with Crippen molar-refractivity contribution in [1.82, 2.24) is 9.97 Å². The average molecular weight is 296 g/mol. The summed E-state index contributed by atoms with van der Waals surface area (Å²) < 4.78 is 0. The minimum atomic E-state index is 0.261. The second-order valence-corrected chi connectivity index (χ2v) is 4.94. The number of thiazole rings is 1. The van der Waals surface area contributed by atoms with Gasteiger partial charge in [-0.1, -0.05) is 17.9 Å². The maximum atomic E-state index is 8.89. The number of nitrogens with two attached hydrogens (primary N) is 1. The summed E-state index contributed by atoms with van der Waals surface area (Å²) in [6.07, 6.45) is 5.80. The second-order valence-electron chi connectivity index (χ2n) is 3.91. The van der Waals surface area contributed by atoms with Gasteiger partial charge in [0.1, 0.15) is 15.8 Å². The van der Waals surface area contributed by atoms with E-state index < -0.39 is 0 Å². The maximum Gasteiger partial charge on any atom is 0.139 e. The molecule has 7 heteroatoms. The molecule has 0 aliphatic carbocycles. The van der Waals surface area contributed by atoms with Gasteiger partial charge in [0.2, 0.25) is 0 Å². The summed E-state index contributed by atoms with van der Waals surface area (Å²) in [6, 6.07) is 5.50. The average Bonchev–Trinajstić information content (AvgIpc) is 2.96. The van der Waals surface area contributed by atoms with Gasteiger partial charge in [-0.05, 0) is 12.1 Å². The second kappa shape index (κ2) is 6.45. The van der Waals surface area contributed by atoms with Crippen molar-refractivity contribution < 1.29 is 0 Å². The summed E-state index contributed by atoms with van der Waals surface area (Å²) in [5.41, 5.74) is 6.95. The van der Waals surface area contributed by atoms with Gasteiger partial charge in [-0.25, -0.2) is 9.97 Å². The molecule has 0 saturated carbocycles. The molecule has 0 aliphatic rings. The lowest BCUT2D eigenvalue weighted by Gasteiger charge is -2.04. The largest absolute Gasteiger partial charge is 0.404 e. The van der Waals surface area contributed by atoms with Gasteiger partial charge in [-0.15, -0.1) is 0 Å². The Hall–Kier alpha value is -2.98. The van der Waals surface area contributed by atoms with Crippen LogP contribution in [0.1, 0.15) is 10.6 Å². The lowest BCUT2D eigenvalue weighted by atomic mass is 10.1. The number of pyridine rings is 1. The van der Waals surface area contributed by atoms with E-state index >= 15 is 0 Å². The van der Waals surface area contributed by atoms with E-state index in [9.17, 15) is 0 Å². The Morgan fingerprint density at radius 3 is 3.00 bits per heavy atom. The lowest BCUT2D eigenvalue weighted by Crippen LogP contribution is -1.96. The summed E-state index contributed by atoms with van der Waals surface area (Å²) in [5, 5.41) is 20.7. The number of anilines is 2. The Morgan fingerprint density at radius 2 is 2.33 bits per heavy atom. The first-order chi connectivity index (χ1) is 10.2. The maximum absolute atomic E-state index is 8.89. The molecule has 0 spiro atoms. The molecular formula is C14H12N6S. The molecule has 2 rings (SSSR count). The Bertz CT molecular complexity index is 753. The SMILES string of the molecule is C=C(C#N)C(=CN)c1ncc(Nc2ncccc2C=N)s1. The highest BCUT2D eigenvalue weighted by Gasteiger charge is 2.11. The van der Waals surface area contributed by atoms with E-state index in [0.29, 0.717) is 22.0 Å². The fourth-order valence-corrected chi connectivity index (χ4v) is 2.44. The molecule has 0 aromatic carbocycles. The van der Waals surface area contributed by atoms with Crippen molar-refractivity contribution in [2.45, 2.75) is 0 Å². The predicted molar refractivity (Wildman–Crippen MR) is 84.4 cm³/mol. The number of nitrogens with zero attached hydrogens (tertiary/aromatic N) is 3. The van der Waals surface area contributed by atoms with Gasteiger partial charge >= 0.3 is 0 Å². The smallest absolute Gasteiger partial charge is 0.139 e. The zero-order valence-electron chi connectivity index (χ0n) is 11.0. The zero-order valence-corrected chi connectivity index (χ0v) is 11.8. The van der Waals surface area contributed by atoms with Gasteiger partial charge in [-0.2, -0.15) is 5.26 Å². The number of hydrogen-bond acceptors (Lipinski definition) is 7. The van der Waals surface area contributed by atoms with Crippen molar-refractivity contribution in [1.29, 1.82) is 10.7 Å². The van der Waals surface area contributed by atoms with E-state index in [2.05, 4.69) is 21.9 Å². The van der Waals surface area contributed by atoms with Gasteiger partial charge in [-0.3, -0.25) is 0 Å². The zero-order chi connectivity index (χ0) is 15.2. The highest BCUT2D eigenvalue weighted by molar-refractivity contribution is 7.16. The molecule has 0 unspecified atom stereocenters. The van der Waals surface area contributed by atoms with Crippen LogP contribution in [0, 0.1) is 16.7 Å². The van der Waals surface area contributed by atoms with Crippen molar-refractivity contribution in [2.75, 3.05) is 5.32 Å². The van der Waals surface area contributed by atoms with Crippen LogP contribution in [0.4, 0.5) is 10.8 Å². The van der Waals surface area contributed by atoms with Crippen molar-refractivity contribution in [2.24, 2.45) is 5.73 Å². The highest BCUT2D eigenvalue weighted by Crippen LogP contribution is 2.30. The van der Waals surface area contributed by atoms with Crippen LogP contribution in [0.3, 0.4) is 0 Å². The van der Waals surface area contributed by atoms with E-state index in [4.69, 9.17) is 16.4 Å². The van der Waals surface area contributed by atoms with Gasteiger partial charge < -0.3 is 16.5 Å². The first-order valence-electron chi connectivity index (χ1n) is 5.89. The fourth-order valence-electron chi connectivity index (χ4n) is 1.57. The molecular weight excluding hydrogens is 284 g/mol. The number of hydrogen-bond donors (Lipinski definition) is 3. The number of aromatic nitrogens is 2. The van der Waals surface area contributed by atoms with Crippen LogP contribution < -0.4 is 11.1 Å². The molecule has 0 atom stereocenters. The quantitative estimate of drug-likeness (QED) is 0.446. The van der Waals surface area contributed by atoms with Crippen molar-refractivity contribution >= 4 is 33.9 Å². The third-order valence-electron chi connectivity index (χ3n) is 2.60. The van der Waals surface area contributed by atoms with E-state index in [1.54, 1.807) is 24.5 Å². The standard InChI is InChI=1S/C14H12N6S/c1-9(5-15)11(7-17)14-19-8-12(21-14)20-13-10(6-16)3-2-4-18-13/h2-4,6-8,16H,1,17H2,(H,18,20). The molecule has 0 fully saturated rings. The molecule has 4 N–H and O–H groups in total. The van der Waals surface area contributed by atoms with Gasteiger partial charge in [0.15, 0.2) is 0 Å². The number of nitriles is 1. The first kappa shape index (κ1) is 14.4. The molecule has 0 amide bonds. The van der Waals surface area contributed by atoms with Gasteiger partial charge in [0, 0.05) is 29.7 Å². The first-order valence-corrected chi connectivity index (χ1v) is 6.71. The van der Waals surface area contributed by atoms with Crippen LogP contribution in [0.15, 0.2) is 42.9 Å². The summed E-state index contributed by atoms with van der Waals surface area (Å²) in [4.78, 5) is 8.40. The third-order valence-corrected chi connectivity index (χ3v) is 3.54. The Kier molecular flexibility index (Phi) is 4.43. The lowest BCUT2D eigenvalue weighted by molar-refractivity contribution is 1.29. The number of rotatable bonds is 5. The Morgan fingerprint density at radius 1 is 1.52 bits per heavy atom. The molecule has 2 heterocycles. The normalized spacial score (nSPS) is 10.7. The van der Waals surface area contributed by atoms with Crippen LogP contribution in [0.2, 0.25) is 0 Å². The van der Waals surface area contributed by atoms with Crippen LogP contribution in [0.5, 0.6) is 0 Å². The molecule has 0 saturated heterocycles. The van der Waals surface area contributed by atoms with E-state index in [1.807, 2.05) is 6.07 Å². The monoisotopic (exact) mass is 296 g/mol. The Balaban J connectivity index is 2.27. The minimum absolute atomic E-state index is 0.261. The van der Waals surface area contributed by atoms with Crippen molar-refractivity contribution in [3.63, 3.8) is 0 Å². The van der Waals surface area contributed by atoms with Gasteiger partial charge in [0.25, 0.3) is 0 Å². The molecule has 0 bridgehead atoms. The molecule has 6 nitrogen and oxygen atoms in total. The molecule has 104 valence electrons. The fraction of sp³-hybridized carbons (Fsp3) is 0. The van der Waals surface area contributed by atoms with E-state index in [0.717, 1.165) is 5.00 Å². The topological polar surface area (TPSA) is 111 Å². The number of allylic oxidation sites excluding steroid dienone is 2. The van der Waals surface area contributed by atoms with Crippen LogP contribution >= 0.6 is 11.3 Å². The number of nitrogens with one attached hydrogen (secondary N) is 2. The van der Waals surface area contributed by atoms with E-state index in [-0.39, 0.29) is 5.57 Å². The van der Waals surface area contributed by atoms with E-state index in [1.165, 1.54) is 23.8 Å². The molecule has 21 heavy (non-hydrogen) atoms. The van der Waals surface area contributed by atoms with Crippen molar-refractivity contribution in [3.05, 3.63) is 53.4 Å². The highest BCUT2D eigenvalue weighted by atomic mass is 32.1. The van der Waals surface area contributed by atoms with Crippen molar-refractivity contribution in [3.8, 4) is 6.07 Å². The molecule has 0 aliphatic heterocycles. The van der Waals surface area contributed by atoms with Crippen LogP contribution in [0.25, 0.3) is 5.57 Å². The third kappa shape index (κ3) is 3.13. The minimum Gasteiger partial charge on any atom is -0.404 e. The summed E-state index contributed by atoms with van der Waals surface area (Å²) in [5.74, 6) is 0.570. The predicted octanol–water partition coefficient (Wildman–Crippen LogP) is 2.66. The van der Waals surface area contributed by atoms with Crippen LogP contribution in [-0.4, -0.2) is 16.2 Å². The van der Waals surface area contributed by atoms with Crippen LogP contribution in [-0.2, 0) is 0 Å². The molecule has 0 radical (unpaired) electrons.